The van der Waals surface area contributed by atoms with Crippen LogP contribution in [-0.4, -0.2) is 35.9 Å². The van der Waals surface area contributed by atoms with Crippen LogP contribution >= 0.6 is 11.6 Å². The highest BCUT2D eigenvalue weighted by Gasteiger charge is 2.42. The van der Waals surface area contributed by atoms with Gasteiger partial charge in [-0.05, 0) is 18.9 Å². The second-order valence-electron chi connectivity index (χ2n) is 6.15. The van der Waals surface area contributed by atoms with Crippen molar-refractivity contribution in [3.05, 3.63) is 38.9 Å². The minimum Gasteiger partial charge on any atom is -0.349 e. The van der Waals surface area contributed by atoms with Crippen molar-refractivity contribution in [3.8, 4) is 0 Å². The molecule has 0 bridgehead atoms. The number of nitrogens with zero attached hydrogens (tertiary/aromatic N) is 1. The molecule has 1 aliphatic carbocycles. The van der Waals surface area contributed by atoms with Crippen molar-refractivity contribution in [2.45, 2.75) is 44.0 Å². The first-order chi connectivity index (χ1) is 11.5. The number of hydrogen-bond donors (Lipinski definition) is 1. The number of amides is 1. The van der Waals surface area contributed by atoms with Crippen LogP contribution in [0, 0.1) is 10.1 Å². The molecule has 8 heteroatoms. The van der Waals surface area contributed by atoms with Crippen LogP contribution in [0.2, 0.25) is 5.02 Å². The van der Waals surface area contributed by atoms with E-state index in [1.54, 1.807) is 0 Å². The first kappa shape index (κ1) is 17.1. The zero-order chi connectivity index (χ0) is 17.2. The minimum atomic E-state index is -0.555. The zero-order valence-electron chi connectivity index (χ0n) is 13.1. The van der Waals surface area contributed by atoms with Crippen LogP contribution in [0.15, 0.2) is 18.2 Å². The van der Waals surface area contributed by atoms with Gasteiger partial charge in [-0.3, -0.25) is 14.9 Å². The standard InChI is InChI=1S/C16H19ClN2O5/c17-14-8-11(19(21)22)4-5-13(14)15(20)18-9-12-10-23-16(24-12)6-2-1-3-7-16/h4-5,8,12H,1-3,6-7,9-10H2,(H,18,20). The fraction of sp³-hybridized carbons (Fsp3) is 0.562. The maximum atomic E-state index is 12.2. The Balaban J connectivity index is 1.55. The lowest BCUT2D eigenvalue weighted by Crippen LogP contribution is -2.37. The van der Waals surface area contributed by atoms with Crippen LogP contribution < -0.4 is 5.32 Å². The molecule has 1 N–H and O–H groups in total. The van der Waals surface area contributed by atoms with E-state index >= 15 is 0 Å². The van der Waals surface area contributed by atoms with E-state index in [1.807, 2.05) is 0 Å². The Morgan fingerprint density at radius 2 is 2.12 bits per heavy atom. The van der Waals surface area contributed by atoms with Crippen LogP contribution in [0.1, 0.15) is 42.5 Å². The first-order valence-electron chi connectivity index (χ1n) is 8.03. The van der Waals surface area contributed by atoms with E-state index in [-0.39, 0.29) is 28.3 Å². The first-order valence-corrected chi connectivity index (χ1v) is 8.41. The lowest BCUT2D eigenvalue weighted by atomic mass is 9.94. The maximum Gasteiger partial charge on any atom is 0.270 e. The fourth-order valence-corrected chi connectivity index (χ4v) is 3.43. The monoisotopic (exact) mass is 354 g/mol. The molecule has 1 amide bonds. The van der Waals surface area contributed by atoms with E-state index in [9.17, 15) is 14.9 Å². The summed E-state index contributed by atoms with van der Waals surface area (Å²) in [6, 6.07) is 3.78. The van der Waals surface area contributed by atoms with Crippen molar-refractivity contribution in [2.24, 2.45) is 0 Å². The summed E-state index contributed by atoms with van der Waals surface area (Å²) in [4.78, 5) is 22.4. The molecule has 1 saturated heterocycles. The normalized spacial score (nSPS) is 22.5. The van der Waals surface area contributed by atoms with Gasteiger partial charge in [0.2, 0.25) is 0 Å². The third-order valence-corrected chi connectivity index (χ3v) is 4.74. The Morgan fingerprint density at radius 3 is 2.79 bits per heavy atom. The quantitative estimate of drug-likeness (QED) is 0.662. The topological polar surface area (TPSA) is 90.7 Å². The number of carbonyl (C=O) groups is 1. The second-order valence-corrected chi connectivity index (χ2v) is 6.56. The number of benzene rings is 1. The van der Waals surface area contributed by atoms with Gasteiger partial charge < -0.3 is 14.8 Å². The number of hydrogen-bond acceptors (Lipinski definition) is 5. The molecule has 7 nitrogen and oxygen atoms in total. The molecule has 1 spiro atoms. The summed E-state index contributed by atoms with van der Waals surface area (Å²) in [5.41, 5.74) is 0.0527. The predicted octanol–water partition coefficient (Wildman–Crippen LogP) is 3.05. The van der Waals surface area contributed by atoms with Crippen LogP contribution in [0.4, 0.5) is 5.69 Å². The van der Waals surface area contributed by atoms with Gasteiger partial charge in [0.15, 0.2) is 5.79 Å². The molecule has 1 aromatic carbocycles. The molecule has 1 aromatic rings. The number of nitrogens with one attached hydrogen (secondary N) is 1. The van der Waals surface area contributed by atoms with Gasteiger partial charge in [0.25, 0.3) is 11.6 Å². The molecule has 0 radical (unpaired) electrons. The van der Waals surface area contributed by atoms with Crippen molar-refractivity contribution in [2.75, 3.05) is 13.2 Å². The highest BCUT2D eigenvalue weighted by molar-refractivity contribution is 6.34. The lowest BCUT2D eigenvalue weighted by Gasteiger charge is -2.31. The molecule has 130 valence electrons. The summed E-state index contributed by atoms with van der Waals surface area (Å²) in [6.07, 6.45) is 4.99. The summed E-state index contributed by atoms with van der Waals surface area (Å²) in [5, 5.41) is 13.5. The zero-order valence-corrected chi connectivity index (χ0v) is 13.9. The van der Waals surface area contributed by atoms with E-state index < -0.39 is 10.7 Å². The highest BCUT2D eigenvalue weighted by atomic mass is 35.5. The third-order valence-electron chi connectivity index (χ3n) is 4.43. The number of ether oxygens (including phenoxy) is 2. The van der Waals surface area contributed by atoms with Gasteiger partial charge in [-0.25, -0.2) is 0 Å². The van der Waals surface area contributed by atoms with Crippen molar-refractivity contribution >= 4 is 23.2 Å². The van der Waals surface area contributed by atoms with Gasteiger partial charge in [-0.15, -0.1) is 0 Å². The van der Waals surface area contributed by atoms with Crippen LogP contribution in [0.5, 0.6) is 0 Å². The highest BCUT2D eigenvalue weighted by Crippen LogP contribution is 2.37. The Morgan fingerprint density at radius 1 is 1.38 bits per heavy atom. The van der Waals surface area contributed by atoms with Crippen LogP contribution in [0.3, 0.4) is 0 Å². The van der Waals surface area contributed by atoms with E-state index in [2.05, 4.69) is 5.32 Å². The molecule has 1 aliphatic heterocycles. The van der Waals surface area contributed by atoms with Gasteiger partial charge in [0, 0.05) is 31.5 Å². The molecule has 3 rings (SSSR count). The smallest absolute Gasteiger partial charge is 0.270 e. The van der Waals surface area contributed by atoms with Crippen LogP contribution in [-0.2, 0) is 9.47 Å². The number of nitro benzene ring substituents is 1. The largest absolute Gasteiger partial charge is 0.349 e. The lowest BCUT2D eigenvalue weighted by molar-refractivity contribution is -0.384. The fourth-order valence-electron chi connectivity index (χ4n) is 3.17. The van der Waals surface area contributed by atoms with Gasteiger partial charge in [0.05, 0.1) is 22.1 Å². The molecule has 0 aromatic heterocycles. The molecule has 1 unspecified atom stereocenters. The van der Waals surface area contributed by atoms with E-state index in [0.717, 1.165) is 25.7 Å². The van der Waals surface area contributed by atoms with Crippen molar-refractivity contribution in [1.29, 1.82) is 0 Å². The average Bonchev–Trinajstić information content (AvgIpc) is 2.95. The Hall–Kier alpha value is -1.70. The molecule has 24 heavy (non-hydrogen) atoms. The number of halogens is 1. The van der Waals surface area contributed by atoms with Crippen molar-refractivity contribution in [3.63, 3.8) is 0 Å². The van der Waals surface area contributed by atoms with Crippen molar-refractivity contribution < 1.29 is 19.2 Å². The number of rotatable bonds is 4. The predicted molar refractivity (Wildman–Crippen MR) is 87.1 cm³/mol. The molecular weight excluding hydrogens is 336 g/mol. The summed E-state index contributed by atoms with van der Waals surface area (Å²) >= 11 is 5.96. The summed E-state index contributed by atoms with van der Waals surface area (Å²) < 4.78 is 11.8. The Labute approximate surface area is 144 Å². The SMILES string of the molecule is O=C(NCC1COC2(CCCCC2)O1)c1ccc([N+](=O)[O-])cc1Cl. The third kappa shape index (κ3) is 3.68. The van der Waals surface area contributed by atoms with Crippen molar-refractivity contribution in [1.82, 2.24) is 5.32 Å². The number of non-ortho nitro benzene ring substituents is 1. The number of nitro groups is 1. The van der Waals surface area contributed by atoms with Gasteiger partial charge >= 0.3 is 0 Å². The molecule has 1 atom stereocenters. The summed E-state index contributed by atoms with van der Waals surface area (Å²) in [6.45, 7) is 0.766. The van der Waals surface area contributed by atoms with Crippen LogP contribution in [0.25, 0.3) is 0 Å². The van der Waals surface area contributed by atoms with Gasteiger partial charge in [-0.2, -0.15) is 0 Å². The second kappa shape index (κ2) is 7.04. The minimum absolute atomic E-state index is 0.0500. The van der Waals surface area contributed by atoms with Gasteiger partial charge in [-0.1, -0.05) is 18.0 Å². The Bertz CT molecular complexity index is 645. The van der Waals surface area contributed by atoms with E-state index in [1.165, 1.54) is 24.6 Å². The summed E-state index contributed by atoms with van der Waals surface area (Å²) in [7, 11) is 0. The molecule has 2 fully saturated rings. The van der Waals surface area contributed by atoms with E-state index in [0.29, 0.717) is 13.2 Å². The molecule has 1 saturated carbocycles. The Kier molecular flexibility index (Phi) is 5.03. The number of carbonyl (C=O) groups excluding carboxylic acids is 1. The van der Waals surface area contributed by atoms with Gasteiger partial charge in [0.1, 0.15) is 6.10 Å². The molecular formula is C16H19ClN2O5. The summed E-state index contributed by atoms with van der Waals surface area (Å²) in [5.74, 6) is -0.860. The molecule has 2 aliphatic rings. The molecule has 1 heterocycles. The maximum absolute atomic E-state index is 12.2. The van der Waals surface area contributed by atoms with E-state index in [4.69, 9.17) is 21.1 Å². The average molecular weight is 355 g/mol.